The number of esters is 1. The van der Waals surface area contributed by atoms with Crippen molar-refractivity contribution in [2.24, 2.45) is 14.1 Å². The molecule has 0 bridgehead atoms. The van der Waals surface area contributed by atoms with E-state index in [-0.39, 0.29) is 24.3 Å². The van der Waals surface area contributed by atoms with Crippen molar-refractivity contribution in [1.29, 1.82) is 0 Å². The highest BCUT2D eigenvalue weighted by Gasteiger charge is 2.18. The van der Waals surface area contributed by atoms with E-state index in [4.69, 9.17) is 18.7 Å². The predicted octanol–water partition coefficient (Wildman–Crippen LogP) is 0.603. The SMILES string of the molecule is Cn1c(=O)c2c(ncn2CC(=O)OCc2cc(-c3ccc4c(c3)OCCO4)on2)n(C)c1=O. The fourth-order valence-electron chi connectivity index (χ4n) is 3.57. The summed E-state index contributed by atoms with van der Waals surface area (Å²) in [5.74, 6) is 1.18. The lowest BCUT2D eigenvalue weighted by molar-refractivity contribution is -0.145. The van der Waals surface area contributed by atoms with E-state index >= 15 is 0 Å². The number of rotatable bonds is 5. The third-order valence-corrected chi connectivity index (χ3v) is 5.28. The minimum absolute atomic E-state index is 0.115. The normalized spacial score (nSPS) is 12.8. The zero-order chi connectivity index (χ0) is 23.1. The summed E-state index contributed by atoms with van der Waals surface area (Å²) in [4.78, 5) is 40.9. The number of ether oxygens (including phenoxy) is 3. The van der Waals surface area contributed by atoms with Gasteiger partial charge in [-0.3, -0.25) is 18.7 Å². The van der Waals surface area contributed by atoms with Gasteiger partial charge in [0.1, 0.15) is 32.1 Å². The van der Waals surface area contributed by atoms with E-state index in [1.807, 2.05) is 6.07 Å². The molecule has 170 valence electrons. The van der Waals surface area contributed by atoms with E-state index < -0.39 is 17.2 Å². The van der Waals surface area contributed by atoms with Crippen molar-refractivity contribution < 1.29 is 23.5 Å². The molecule has 0 radical (unpaired) electrons. The second-order valence-electron chi connectivity index (χ2n) is 7.45. The number of fused-ring (bicyclic) bond motifs is 2. The van der Waals surface area contributed by atoms with Gasteiger partial charge >= 0.3 is 11.7 Å². The highest BCUT2D eigenvalue weighted by Crippen LogP contribution is 2.34. The number of aromatic nitrogens is 5. The van der Waals surface area contributed by atoms with E-state index in [0.29, 0.717) is 36.2 Å². The molecule has 4 aromatic rings. The lowest BCUT2D eigenvalue weighted by atomic mass is 10.1. The molecule has 12 nitrogen and oxygen atoms in total. The molecule has 1 aromatic carbocycles. The Hall–Kier alpha value is -4.35. The van der Waals surface area contributed by atoms with Crippen LogP contribution in [-0.2, 0) is 36.8 Å². The Bertz CT molecular complexity index is 1490. The van der Waals surface area contributed by atoms with E-state index in [1.54, 1.807) is 18.2 Å². The molecule has 0 spiro atoms. The van der Waals surface area contributed by atoms with Crippen LogP contribution < -0.4 is 20.7 Å². The summed E-state index contributed by atoms with van der Waals surface area (Å²) in [6.45, 7) is 0.612. The van der Waals surface area contributed by atoms with E-state index in [0.717, 1.165) is 10.1 Å². The summed E-state index contributed by atoms with van der Waals surface area (Å²) in [7, 11) is 2.87. The van der Waals surface area contributed by atoms with Crippen LogP contribution in [0.3, 0.4) is 0 Å². The Morgan fingerprint density at radius 2 is 1.88 bits per heavy atom. The topological polar surface area (TPSA) is 133 Å². The van der Waals surface area contributed by atoms with Gasteiger partial charge in [-0.15, -0.1) is 0 Å². The number of carbonyl (C=O) groups is 1. The van der Waals surface area contributed by atoms with Crippen LogP contribution in [0.2, 0.25) is 0 Å². The Morgan fingerprint density at radius 1 is 1.09 bits per heavy atom. The van der Waals surface area contributed by atoms with Gasteiger partial charge in [-0.1, -0.05) is 5.16 Å². The third-order valence-electron chi connectivity index (χ3n) is 5.28. The fourth-order valence-corrected chi connectivity index (χ4v) is 3.57. The Balaban J connectivity index is 1.28. The first-order valence-corrected chi connectivity index (χ1v) is 10.0. The third kappa shape index (κ3) is 3.64. The van der Waals surface area contributed by atoms with Crippen molar-refractivity contribution in [2.45, 2.75) is 13.2 Å². The molecule has 0 atom stereocenters. The standard InChI is InChI=1S/C21H19N5O7/c1-24-19-18(20(28)25(2)21(24)29)26(11-22-19)9-17(27)32-10-13-8-15(33-23-13)12-3-4-14-16(7-12)31-6-5-30-14/h3-4,7-8,11H,5-6,9-10H2,1-2H3. The largest absolute Gasteiger partial charge is 0.486 e. The molecular formula is C21H19N5O7. The molecule has 0 N–H and O–H groups in total. The van der Waals surface area contributed by atoms with Gasteiger partial charge in [0.05, 0.1) is 6.33 Å². The minimum Gasteiger partial charge on any atom is -0.486 e. The molecule has 0 aliphatic carbocycles. The van der Waals surface area contributed by atoms with E-state index in [1.165, 1.54) is 29.6 Å². The monoisotopic (exact) mass is 453 g/mol. The first kappa shape index (κ1) is 20.5. The van der Waals surface area contributed by atoms with Gasteiger partial charge in [0.15, 0.2) is 28.4 Å². The molecule has 0 fully saturated rings. The lowest BCUT2D eigenvalue weighted by Crippen LogP contribution is -2.37. The summed E-state index contributed by atoms with van der Waals surface area (Å²) in [5, 5.41) is 3.94. The number of hydrogen-bond donors (Lipinski definition) is 0. The van der Waals surface area contributed by atoms with Crippen molar-refractivity contribution in [3.63, 3.8) is 0 Å². The summed E-state index contributed by atoms with van der Waals surface area (Å²) in [6, 6.07) is 7.07. The predicted molar refractivity (Wildman–Crippen MR) is 113 cm³/mol. The highest BCUT2D eigenvalue weighted by molar-refractivity contribution is 5.75. The van der Waals surface area contributed by atoms with Crippen molar-refractivity contribution in [1.82, 2.24) is 23.8 Å². The van der Waals surface area contributed by atoms with E-state index in [9.17, 15) is 14.4 Å². The molecule has 1 aliphatic rings. The molecule has 4 heterocycles. The minimum atomic E-state index is -0.603. The number of benzene rings is 1. The van der Waals surface area contributed by atoms with Crippen LogP contribution in [0, 0.1) is 0 Å². The molecule has 1 aliphatic heterocycles. The van der Waals surface area contributed by atoms with Crippen LogP contribution >= 0.6 is 0 Å². The van der Waals surface area contributed by atoms with Gasteiger partial charge in [-0.05, 0) is 18.2 Å². The number of nitrogens with zero attached hydrogens (tertiary/aromatic N) is 5. The molecule has 0 unspecified atom stereocenters. The summed E-state index contributed by atoms with van der Waals surface area (Å²) < 4.78 is 25.3. The van der Waals surface area contributed by atoms with Gasteiger partial charge in [0.2, 0.25) is 0 Å². The molecular weight excluding hydrogens is 434 g/mol. The van der Waals surface area contributed by atoms with Gasteiger partial charge in [0, 0.05) is 25.7 Å². The average molecular weight is 453 g/mol. The number of aryl methyl sites for hydroxylation is 1. The van der Waals surface area contributed by atoms with Crippen LogP contribution in [-0.4, -0.2) is 43.0 Å². The zero-order valence-electron chi connectivity index (χ0n) is 17.8. The van der Waals surface area contributed by atoms with Gasteiger partial charge in [-0.2, -0.15) is 0 Å². The molecule has 5 rings (SSSR count). The van der Waals surface area contributed by atoms with Crippen LogP contribution in [0.25, 0.3) is 22.5 Å². The summed E-state index contributed by atoms with van der Waals surface area (Å²) >= 11 is 0. The average Bonchev–Trinajstić information content (AvgIpc) is 3.47. The van der Waals surface area contributed by atoms with Crippen molar-refractivity contribution in [2.75, 3.05) is 13.2 Å². The van der Waals surface area contributed by atoms with Gasteiger partial charge in [0.25, 0.3) is 5.56 Å². The quantitative estimate of drug-likeness (QED) is 0.398. The van der Waals surface area contributed by atoms with Crippen LogP contribution in [0.1, 0.15) is 5.69 Å². The van der Waals surface area contributed by atoms with Crippen molar-refractivity contribution >= 4 is 17.1 Å². The molecule has 12 heteroatoms. The highest BCUT2D eigenvalue weighted by atomic mass is 16.6. The van der Waals surface area contributed by atoms with Gasteiger partial charge in [-0.25, -0.2) is 9.78 Å². The molecule has 0 saturated carbocycles. The van der Waals surface area contributed by atoms with Gasteiger partial charge < -0.3 is 23.3 Å². The maximum absolute atomic E-state index is 12.5. The maximum Gasteiger partial charge on any atom is 0.332 e. The second-order valence-corrected chi connectivity index (χ2v) is 7.45. The smallest absolute Gasteiger partial charge is 0.332 e. The first-order valence-electron chi connectivity index (χ1n) is 10.0. The van der Waals surface area contributed by atoms with Crippen molar-refractivity contribution in [3.05, 3.63) is 57.1 Å². The first-order chi connectivity index (χ1) is 15.9. The van der Waals surface area contributed by atoms with Crippen LogP contribution in [0.15, 0.2) is 44.7 Å². The fraction of sp³-hybridized carbons (Fsp3) is 0.286. The Labute approximate surface area is 185 Å². The number of carbonyl (C=O) groups excluding carboxylic acids is 1. The maximum atomic E-state index is 12.5. The molecule has 0 saturated heterocycles. The van der Waals surface area contributed by atoms with Crippen molar-refractivity contribution in [3.8, 4) is 22.8 Å². The molecule has 0 amide bonds. The van der Waals surface area contributed by atoms with E-state index in [2.05, 4.69) is 10.1 Å². The summed E-state index contributed by atoms with van der Waals surface area (Å²) in [6.07, 6.45) is 1.32. The molecule has 3 aromatic heterocycles. The Kier molecular flexibility index (Phi) is 4.96. The van der Waals surface area contributed by atoms with Crippen LogP contribution in [0.5, 0.6) is 11.5 Å². The lowest BCUT2D eigenvalue weighted by Gasteiger charge is -2.18. The summed E-state index contributed by atoms with van der Waals surface area (Å²) in [5.41, 5.74) is 0.451. The molecule has 33 heavy (non-hydrogen) atoms. The number of imidazole rings is 1. The number of hydrogen-bond acceptors (Lipinski definition) is 9. The Morgan fingerprint density at radius 3 is 2.70 bits per heavy atom. The second kappa shape index (κ2) is 7.97. The zero-order valence-corrected chi connectivity index (χ0v) is 17.8. The van der Waals surface area contributed by atoms with Crippen LogP contribution in [0.4, 0.5) is 0 Å².